The van der Waals surface area contributed by atoms with Gasteiger partial charge in [0, 0.05) is 23.8 Å². The molecule has 0 saturated carbocycles. The average Bonchev–Trinajstić information content (AvgIpc) is 2.28. The Kier molecular flexibility index (Phi) is 4.82. The molecule has 0 aliphatic carbocycles. The largest absolute Gasteiger partial charge is 0.385 e. The topological polar surface area (TPSA) is 41.1 Å². The standard InChI is InChI=1S/C13H18N2O.ClH/c1-9(2)13(16)15-11-5-6-12-10(8-11)4-3-7-14-12;/h5-6,8-9,14H,3-4,7H2,1-2H3,(H,15,16);1H. The Labute approximate surface area is 108 Å². The summed E-state index contributed by atoms with van der Waals surface area (Å²) in [6.45, 7) is 4.84. The van der Waals surface area contributed by atoms with Crippen molar-refractivity contribution in [1.82, 2.24) is 0 Å². The van der Waals surface area contributed by atoms with Crippen molar-refractivity contribution in [3.63, 3.8) is 0 Å². The van der Waals surface area contributed by atoms with Gasteiger partial charge in [-0.1, -0.05) is 13.8 Å². The van der Waals surface area contributed by atoms with Gasteiger partial charge < -0.3 is 10.6 Å². The minimum atomic E-state index is 0. The average molecular weight is 255 g/mol. The quantitative estimate of drug-likeness (QED) is 0.852. The lowest BCUT2D eigenvalue weighted by Crippen LogP contribution is -2.18. The van der Waals surface area contributed by atoms with Crippen molar-refractivity contribution in [2.24, 2.45) is 5.92 Å². The predicted octanol–water partition coefficient (Wildman–Crippen LogP) is 3.06. The number of hydrogen-bond donors (Lipinski definition) is 2. The first-order chi connectivity index (χ1) is 7.66. The first-order valence-corrected chi connectivity index (χ1v) is 5.84. The van der Waals surface area contributed by atoms with Gasteiger partial charge in [0.05, 0.1) is 0 Å². The Hall–Kier alpha value is -1.22. The zero-order valence-electron chi connectivity index (χ0n) is 10.2. The van der Waals surface area contributed by atoms with E-state index in [0.717, 1.165) is 25.1 Å². The lowest BCUT2D eigenvalue weighted by atomic mass is 10.0. The summed E-state index contributed by atoms with van der Waals surface area (Å²) in [5, 5.41) is 6.28. The zero-order chi connectivity index (χ0) is 11.5. The van der Waals surface area contributed by atoms with Crippen molar-refractivity contribution in [2.75, 3.05) is 17.2 Å². The molecule has 1 aromatic rings. The number of nitrogens with one attached hydrogen (secondary N) is 2. The Bertz CT molecular complexity index is 404. The minimum Gasteiger partial charge on any atom is -0.385 e. The highest BCUT2D eigenvalue weighted by Gasteiger charge is 2.11. The van der Waals surface area contributed by atoms with Crippen LogP contribution in [0, 0.1) is 5.92 Å². The number of fused-ring (bicyclic) bond motifs is 1. The van der Waals surface area contributed by atoms with Gasteiger partial charge in [-0.05, 0) is 36.6 Å². The van der Waals surface area contributed by atoms with Crippen molar-refractivity contribution in [1.29, 1.82) is 0 Å². The Balaban J connectivity index is 0.00000144. The van der Waals surface area contributed by atoms with Gasteiger partial charge in [0.2, 0.25) is 5.91 Å². The molecule has 0 aromatic heterocycles. The second-order valence-electron chi connectivity index (χ2n) is 4.55. The van der Waals surface area contributed by atoms with Gasteiger partial charge >= 0.3 is 0 Å². The number of anilines is 2. The molecule has 2 rings (SSSR count). The third kappa shape index (κ3) is 3.37. The number of amides is 1. The van der Waals surface area contributed by atoms with Crippen LogP contribution in [0.4, 0.5) is 11.4 Å². The maximum Gasteiger partial charge on any atom is 0.226 e. The molecule has 0 spiro atoms. The Morgan fingerprint density at radius 3 is 2.88 bits per heavy atom. The highest BCUT2D eigenvalue weighted by molar-refractivity contribution is 5.92. The summed E-state index contributed by atoms with van der Waals surface area (Å²) in [7, 11) is 0. The predicted molar refractivity (Wildman–Crippen MR) is 74.0 cm³/mol. The molecule has 4 heteroatoms. The van der Waals surface area contributed by atoms with Gasteiger partial charge in [-0.2, -0.15) is 0 Å². The van der Waals surface area contributed by atoms with Crippen LogP contribution in [0.15, 0.2) is 18.2 Å². The van der Waals surface area contributed by atoms with Gasteiger partial charge in [-0.25, -0.2) is 0 Å². The number of hydrogen-bond acceptors (Lipinski definition) is 2. The molecule has 0 bridgehead atoms. The molecule has 3 nitrogen and oxygen atoms in total. The molecule has 1 amide bonds. The van der Waals surface area contributed by atoms with Crippen molar-refractivity contribution < 1.29 is 4.79 Å². The minimum absolute atomic E-state index is 0. The van der Waals surface area contributed by atoms with Crippen LogP contribution in [-0.4, -0.2) is 12.5 Å². The molecule has 1 heterocycles. The number of rotatable bonds is 2. The molecule has 0 unspecified atom stereocenters. The van der Waals surface area contributed by atoms with E-state index in [9.17, 15) is 4.79 Å². The highest BCUT2D eigenvalue weighted by Crippen LogP contribution is 2.25. The molecule has 94 valence electrons. The summed E-state index contributed by atoms with van der Waals surface area (Å²) in [5.41, 5.74) is 3.41. The third-order valence-electron chi connectivity index (χ3n) is 2.84. The van der Waals surface area contributed by atoms with Gasteiger partial charge in [-0.15, -0.1) is 12.4 Å². The molecule has 1 aliphatic heterocycles. The van der Waals surface area contributed by atoms with Gasteiger partial charge in [0.1, 0.15) is 0 Å². The van der Waals surface area contributed by atoms with E-state index in [1.165, 1.54) is 11.3 Å². The smallest absolute Gasteiger partial charge is 0.226 e. The molecule has 0 saturated heterocycles. The van der Waals surface area contributed by atoms with E-state index >= 15 is 0 Å². The zero-order valence-corrected chi connectivity index (χ0v) is 11.1. The van der Waals surface area contributed by atoms with Crippen LogP contribution < -0.4 is 10.6 Å². The molecule has 1 aliphatic rings. The Morgan fingerprint density at radius 1 is 1.41 bits per heavy atom. The van der Waals surface area contributed by atoms with E-state index in [-0.39, 0.29) is 24.2 Å². The SMILES string of the molecule is CC(C)C(=O)Nc1ccc2c(c1)CCCN2.Cl. The number of benzene rings is 1. The summed E-state index contributed by atoms with van der Waals surface area (Å²) < 4.78 is 0. The van der Waals surface area contributed by atoms with E-state index in [0.29, 0.717) is 0 Å². The number of carbonyl (C=O) groups excluding carboxylic acids is 1. The number of aryl methyl sites for hydroxylation is 1. The van der Waals surface area contributed by atoms with E-state index < -0.39 is 0 Å². The van der Waals surface area contributed by atoms with Crippen LogP contribution in [0.5, 0.6) is 0 Å². The molecule has 0 atom stereocenters. The maximum absolute atomic E-state index is 11.6. The first-order valence-electron chi connectivity index (χ1n) is 5.84. The lowest BCUT2D eigenvalue weighted by Gasteiger charge is -2.19. The molecular formula is C13H19ClN2O. The van der Waals surface area contributed by atoms with Gasteiger partial charge in [0.15, 0.2) is 0 Å². The summed E-state index contributed by atoms with van der Waals surface area (Å²) in [6.07, 6.45) is 2.25. The summed E-state index contributed by atoms with van der Waals surface area (Å²) in [6, 6.07) is 6.07. The van der Waals surface area contributed by atoms with Gasteiger partial charge in [-0.3, -0.25) is 4.79 Å². The first kappa shape index (κ1) is 13.8. The second kappa shape index (κ2) is 5.92. The molecule has 1 aromatic carbocycles. The van der Waals surface area contributed by atoms with Crippen LogP contribution in [-0.2, 0) is 11.2 Å². The van der Waals surface area contributed by atoms with Crippen LogP contribution in [0.2, 0.25) is 0 Å². The molecule has 0 fully saturated rings. The molecule has 2 N–H and O–H groups in total. The second-order valence-corrected chi connectivity index (χ2v) is 4.55. The van der Waals surface area contributed by atoms with Crippen molar-refractivity contribution in [3.8, 4) is 0 Å². The normalized spacial score (nSPS) is 13.4. The van der Waals surface area contributed by atoms with Crippen molar-refractivity contribution in [3.05, 3.63) is 23.8 Å². The van der Waals surface area contributed by atoms with E-state index in [1.54, 1.807) is 0 Å². The fourth-order valence-corrected chi connectivity index (χ4v) is 1.84. The molecule has 0 radical (unpaired) electrons. The number of halogens is 1. The fourth-order valence-electron chi connectivity index (χ4n) is 1.84. The van der Waals surface area contributed by atoms with Crippen LogP contribution >= 0.6 is 12.4 Å². The summed E-state index contributed by atoms with van der Waals surface area (Å²) in [4.78, 5) is 11.6. The van der Waals surface area contributed by atoms with E-state index in [2.05, 4.69) is 16.7 Å². The number of carbonyl (C=O) groups is 1. The third-order valence-corrected chi connectivity index (χ3v) is 2.84. The van der Waals surface area contributed by atoms with Crippen LogP contribution in [0.1, 0.15) is 25.8 Å². The van der Waals surface area contributed by atoms with Crippen LogP contribution in [0.3, 0.4) is 0 Å². The fraction of sp³-hybridized carbons (Fsp3) is 0.462. The molecular weight excluding hydrogens is 236 g/mol. The Morgan fingerprint density at radius 2 is 2.18 bits per heavy atom. The lowest BCUT2D eigenvalue weighted by molar-refractivity contribution is -0.118. The van der Waals surface area contributed by atoms with E-state index in [1.807, 2.05) is 26.0 Å². The molecule has 17 heavy (non-hydrogen) atoms. The van der Waals surface area contributed by atoms with Crippen molar-refractivity contribution >= 4 is 29.7 Å². The maximum atomic E-state index is 11.6. The van der Waals surface area contributed by atoms with E-state index in [4.69, 9.17) is 0 Å². The highest BCUT2D eigenvalue weighted by atomic mass is 35.5. The van der Waals surface area contributed by atoms with Crippen LogP contribution in [0.25, 0.3) is 0 Å². The monoisotopic (exact) mass is 254 g/mol. The van der Waals surface area contributed by atoms with Gasteiger partial charge in [0.25, 0.3) is 0 Å². The summed E-state index contributed by atoms with van der Waals surface area (Å²) in [5.74, 6) is 0.0953. The van der Waals surface area contributed by atoms with Crippen molar-refractivity contribution in [2.45, 2.75) is 26.7 Å². The summed E-state index contributed by atoms with van der Waals surface area (Å²) >= 11 is 0.